The van der Waals surface area contributed by atoms with E-state index in [1.54, 1.807) is 4.57 Å². The summed E-state index contributed by atoms with van der Waals surface area (Å²) >= 11 is 0. The van der Waals surface area contributed by atoms with Gasteiger partial charge in [-0.2, -0.15) is 10.5 Å². The summed E-state index contributed by atoms with van der Waals surface area (Å²) in [5, 5.41) is 17.7. The van der Waals surface area contributed by atoms with Gasteiger partial charge in [0.1, 0.15) is 12.1 Å². The standard InChI is InChI=1S/C10H12N6O/c1-7(2-3-10(17)15-13)16-6-14-8(4-11)9(16)5-12/h6-7H,2-3,13H2,1H3,(H,15,17). The predicted molar refractivity (Wildman–Crippen MR) is 57.9 cm³/mol. The van der Waals surface area contributed by atoms with Gasteiger partial charge in [-0.25, -0.2) is 10.8 Å². The van der Waals surface area contributed by atoms with Gasteiger partial charge >= 0.3 is 0 Å². The van der Waals surface area contributed by atoms with Crippen molar-refractivity contribution in [2.75, 3.05) is 0 Å². The van der Waals surface area contributed by atoms with Crippen LogP contribution in [0.4, 0.5) is 0 Å². The van der Waals surface area contributed by atoms with E-state index in [9.17, 15) is 4.79 Å². The summed E-state index contributed by atoms with van der Waals surface area (Å²) < 4.78 is 1.59. The van der Waals surface area contributed by atoms with Gasteiger partial charge in [0.25, 0.3) is 0 Å². The molecule has 3 N–H and O–H groups in total. The van der Waals surface area contributed by atoms with Crippen LogP contribution in [0.1, 0.15) is 37.2 Å². The van der Waals surface area contributed by atoms with Crippen molar-refractivity contribution in [3.8, 4) is 12.1 Å². The maximum Gasteiger partial charge on any atom is 0.233 e. The van der Waals surface area contributed by atoms with Crippen LogP contribution in [0.15, 0.2) is 6.33 Å². The summed E-state index contributed by atoms with van der Waals surface area (Å²) in [5.41, 5.74) is 2.35. The van der Waals surface area contributed by atoms with E-state index in [2.05, 4.69) is 4.98 Å². The molecule has 1 atom stereocenters. The zero-order valence-electron chi connectivity index (χ0n) is 9.34. The van der Waals surface area contributed by atoms with Gasteiger partial charge in [0.05, 0.1) is 6.33 Å². The van der Waals surface area contributed by atoms with Crippen molar-refractivity contribution in [2.24, 2.45) is 5.84 Å². The molecular formula is C10H12N6O. The average Bonchev–Trinajstić information content (AvgIpc) is 2.77. The summed E-state index contributed by atoms with van der Waals surface area (Å²) in [6.45, 7) is 1.84. The van der Waals surface area contributed by atoms with Gasteiger partial charge in [-0.15, -0.1) is 0 Å². The molecule has 0 aliphatic carbocycles. The minimum Gasteiger partial charge on any atom is -0.318 e. The number of carbonyl (C=O) groups is 1. The fraction of sp³-hybridized carbons (Fsp3) is 0.400. The number of hydrazine groups is 1. The summed E-state index contributed by atoms with van der Waals surface area (Å²) in [7, 11) is 0. The number of nitrogens with two attached hydrogens (primary N) is 1. The first-order valence-electron chi connectivity index (χ1n) is 5.00. The molecule has 0 bridgehead atoms. The van der Waals surface area contributed by atoms with Gasteiger partial charge in [0.2, 0.25) is 5.91 Å². The highest BCUT2D eigenvalue weighted by Crippen LogP contribution is 2.17. The number of hydrogen-bond acceptors (Lipinski definition) is 5. The SMILES string of the molecule is CC(CCC(=O)NN)n1cnc(C#N)c1C#N. The second kappa shape index (κ2) is 5.64. The fourth-order valence-electron chi connectivity index (χ4n) is 1.44. The first kappa shape index (κ1) is 12.7. The van der Waals surface area contributed by atoms with E-state index < -0.39 is 0 Å². The normalized spacial score (nSPS) is 11.3. The number of nitrogens with one attached hydrogen (secondary N) is 1. The maximum absolute atomic E-state index is 11.0. The molecule has 0 saturated carbocycles. The highest BCUT2D eigenvalue weighted by Gasteiger charge is 2.15. The number of nitrogens with zero attached hydrogens (tertiary/aromatic N) is 4. The summed E-state index contributed by atoms with van der Waals surface area (Å²) in [6.07, 6.45) is 2.20. The van der Waals surface area contributed by atoms with Crippen LogP contribution in [0.5, 0.6) is 0 Å². The van der Waals surface area contributed by atoms with Gasteiger partial charge in [0, 0.05) is 12.5 Å². The Labute approximate surface area is 98.4 Å². The Bertz CT molecular complexity index is 492. The molecular weight excluding hydrogens is 220 g/mol. The van der Waals surface area contributed by atoms with E-state index in [-0.39, 0.29) is 29.8 Å². The van der Waals surface area contributed by atoms with E-state index in [1.807, 2.05) is 24.5 Å². The van der Waals surface area contributed by atoms with Crippen LogP contribution in [0.3, 0.4) is 0 Å². The highest BCUT2D eigenvalue weighted by molar-refractivity contribution is 5.75. The molecule has 7 heteroatoms. The first-order chi connectivity index (χ1) is 8.13. The lowest BCUT2D eigenvalue weighted by Crippen LogP contribution is -2.30. The number of rotatable bonds is 4. The minimum absolute atomic E-state index is 0.0997. The maximum atomic E-state index is 11.0. The third-order valence-corrected chi connectivity index (χ3v) is 2.43. The molecule has 0 aromatic carbocycles. The van der Waals surface area contributed by atoms with E-state index in [1.165, 1.54) is 6.33 Å². The van der Waals surface area contributed by atoms with Crippen molar-refractivity contribution in [3.63, 3.8) is 0 Å². The van der Waals surface area contributed by atoms with E-state index in [0.29, 0.717) is 6.42 Å². The minimum atomic E-state index is -0.268. The van der Waals surface area contributed by atoms with Crippen molar-refractivity contribution in [3.05, 3.63) is 17.7 Å². The summed E-state index contributed by atoms with van der Waals surface area (Å²) in [4.78, 5) is 14.8. The average molecular weight is 232 g/mol. The van der Waals surface area contributed by atoms with Crippen molar-refractivity contribution >= 4 is 5.91 Å². The van der Waals surface area contributed by atoms with Crippen LogP contribution in [0.2, 0.25) is 0 Å². The Morgan fingerprint density at radius 2 is 2.35 bits per heavy atom. The Hall–Kier alpha value is -2.38. The zero-order valence-corrected chi connectivity index (χ0v) is 9.34. The molecule has 0 saturated heterocycles. The molecule has 1 aromatic heterocycles. The molecule has 7 nitrogen and oxygen atoms in total. The largest absolute Gasteiger partial charge is 0.318 e. The quantitative estimate of drug-likeness (QED) is 0.428. The van der Waals surface area contributed by atoms with Crippen molar-refractivity contribution in [1.82, 2.24) is 15.0 Å². The molecule has 0 radical (unpaired) electrons. The number of aromatic nitrogens is 2. The molecule has 1 rings (SSSR count). The van der Waals surface area contributed by atoms with Crippen LogP contribution < -0.4 is 11.3 Å². The van der Waals surface area contributed by atoms with Gasteiger partial charge < -0.3 is 4.57 Å². The van der Waals surface area contributed by atoms with Crippen LogP contribution in [-0.4, -0.2) is 15.5 Å². The molecule has 1 amide bonds. The molecule has 88 valence electrons. The highest BCUT2D eigenvalue weighted by atomic mass is 16.2. The molecule has 0 fully saturated rings. The molecule has 1 unspecified atom stereocenters. The number of hydrogen-bond donors (Lipinski definition) is 2. The molecule has 1 heterocycles. The summed E-state index contributed by atoms with van der Waals surface area (Å²) in [6, 6.07) is 3.67. The third kappa shape index (κ3) is 2.80. The lowest BCUT2D eigenvalue weighted by Gasteiger charge is -2.13. The smallest absolute Gasteiger partial charge is 0.233 e. The third-order valence-electron chi connectivity index (χ3n) is 2.43. The molecule has 0 spiro atoms. The van der Waals surface area contributed by atoms with Gasteiger partial charge in [-0.3, -0.25) is 10.2 Å². The van der Waals surface area contributed by atoms with Gasteiger partial charge in [0.15, 0.2) is 11.4 Å². The molecule has 0 aliphatic heterocycles. The van der Waals surface area contributed by atoms with Crippen LogP contribution in [-0.2, 0) is 4.79 Å². The Morgan fingerprint density at radius 3 is 2.88 bits per heavy atom. The lowest BCUT2D eigenvalue weighted by atomic mass is 10.1. The van der Waals surface area contributed by atoms with Gasteiger partial charge in [-0.05, 0) is 13.3 Å². The number of amides is 1. The second-order valence-electron chi connectivity index (χ2n) is 3.53. The summed E-state index contributed by atoms with van der Waals surface area (Å²) in [5.74, 6) is 4.70. The zero-order chi connectivity index (χ0) is 12.8. The number of nitriles is 2. The van der Waals surface area contributed by atoms with Crippen molar-refractivity contribution in [2.45, 2.75) is 25.8 Å². The Morgan fingerprint density at radius 1 is 1.65 bits per heavy atom. The van der Waals surface area contributed by atoms with Gasteiger partial charge in [-0.1, -0.05) is 0 Å². The van der Waals surface area contributed by atoms with Crippen LogP contribution in [0.25, 0.3) is 0 Å². The number of imidazole rings is 1. The van der Waals surface area contributed by atoms with E-state index >= 15 is 0 Å². The van der Waals surface area contributed by atoms with Crippen molar-refractivity contribution in [1.29, 1.82) is 10.5 Å². The topological polar surface area (TPSA) is 121 Å². The monoisotopic (exact) mass is 232 g/mol. The lowest BCUT2D eigenvalue weighted by molar-refractivity contribution is -0.121. The van der Waals surface area contributed by atoms with Crippen molar-refractivity contribution < 1.29 is 4.79 Å². The van der Waals surface area contributed by atoms with E-state index in [0.717, 1.165) is 0 Å². The fourth-order valence-corrected chi connectivity index (χ4v) is 1.44. The van der Waals surface area contributed by atoms with Crippen LogP contribution in [0, 0.1) is 22.7 Å². The molecule has 17 heavy (non-hydrogen) atoms. The Kier molecular flexibility index (Phi) is 4.21. The predicted octanol–water partition coefficient (Wildman–Crippen LogP) is -0.0424. The Balaban J connectivity index is 2.80. The molecule has 0 aliphatic rings. The number of carbonyl (C=O) groups excluding carboxylic acids is 1. The second-order valence-corrected chi connectivity index (χ2v) is 3.53. The molecule has 1 aromatic rings. The van der Waals surface area contributed by atoms with Crippen LogP contribution >= 0.6 is 0 Å². The first-order valence-corrected chi connectivity index (χ1v) is 5.00. The van der Waals surface area contributed by atoms with E-state index in [4.69, 9.17) is 16.4 Å².